The van der Waals surface area contributed by atoms with Crippen LogP contribution in [0.2, 0.25) is 0 Å². The third-order valence-corrected chi connectivity index (χ3v) is 4.13. The summed E-state index contributed by atoms with van der Waals surface area (Å²) in [5.74, 6) is 1.64. The number of aliphatic hydroxyl groups excluding tert-OH is 1. The summed E-state index contributed by atoms with van der Waals surface area (Å²) in [7, 11) is 0. The van der Waals surface area contributed by atoms with E-state index in [0.29, 0.717) is 13.2 Å². The number of nitrogens with zero attached hydrogens (tertiary/aromatic N) is 1. The minimum absolute atomic E-state index is 0.468. The number of ether oxygens (including phenoxy) is 1. The molecule has 3 nitrogen and oxygen atoms in total. The van der Waals surface area contributed by atoms with Crippen molar-refractivity contribution >= 4 is 0 Å². The van der Waals surface area contributed by atoms with Crippen LogP contribution >= 0.6 is 0 Å². The maximum Gasteiger partial charge on any atom is 0.125 e. The van der Waals surface area contributed by atoms with Crippen molar-refractivity contribution in [2.45, 2.75) is 39.7 Å². The standard InChI is InChI=1S/C17H27NO2/c1-4-20-17-6-5-14(3)11-15(17)16(19)12-18-9-7-13(2)8-10-18/h5-6,11,13,16,19H,4,7-10,12H2,1-3H3. The topological polar surface area (TPSA) is 32.7 Å². The lowest BCUT2D eigenvalue weighted by Crippen LogP contribution is -2.36. The summed E-state index contributed by atoms with van der Waals surface area (Å²) in [4.78, 5) is 2.36. The van der Waals surface area contributed by atoms with E-state index in [4.69, 9.17) is 4.74 Å². The van der Waals surface area contributed by atoms with E-state index in [9.17, 15) is 5.11 Å². The molecule has 1 aliphatic rings. The zero-order chi connectivity index (χ0) is 14.5. The Hall–Kier alpha value is -1.06. The molecular weight excluding hydrogens is 250 g/mol. The molecule has 1 atom stereocenters. The van der Waals surface area contributed by atoms with Crippen LogP contribution in [0.4, 0.5) is 0 Å². The van der Waals surface area contributed by atoms with Crippen LogP contribution in [0.25, 0.3) is 0 Å². The van der Waals surface area contributed by atoms with E-state index < -0.39 is 6.10 Å². The van der Waals surface area contributed by atoms with Gasteiger partial charge in [-0.2, -0.15) is 0 Å². The lowest BCUT2D eigenvalue weighted by molar-refractivity contribution is 0.0894. The molecule has 0 aliphatic carbocycles. The lowest BCUT2D eigenvalue weighted by atomic mass is 9.98. The first-order chi connectivity index (χ1) is 9.60. The minimum atomic E-state index is -0.468. The number of likely N-dealkylation sites (tertiary alicyclic amines) is 1. The highest BCUT2D eigenvalue weighted by atomic mass is 16.5. The highest BCUT2D eigenvalue weighted by molar-refractivity contribution is 5.38. The Morgan fingerprint density at radius 3 is 2.70 bits per heavy atom. The van der Waals surface area contributed by atoms with Crippen LogP contribution in [0.3, 0.4) is 0 Å². The molecule has 3 heteroatoms. The van der Waals surface area contributed by atoms with Crippen LogP contribution in [-0.2, 0) is 0 Å². The molecule has 1 unspecified atom stereocenters. The molecule has 1 saturated heterocycles. The molecule has 0 aromatic heterocycles. The summed E-state index contributed by atoms with van der Waals surface area (Å²) in [6, 6.07) is 6.04. The zero-order valence-corrected chi connectivity index (χ0v) is 12.9. The van der Waals surface area contributed by atoms with E-state index in [0.717, 1.165) is 35.9 Å². The summed E-state index contributed by atoms with van der Waals surface area (Å²) in [5, 5.41) is 10.5. The molecule has 1 aromatic rings. The predicted octanol–water partition coefficient (Wildman–Crippen LogP) is 3.16. The number of aryl methyl sites for hydroxylation is 1. The third kappa shape index (κ3) is 3.97. The molecule has 1 N–H and O–H groups in total. The predicted molar refractivity (Wildman–Crippen MR) is 82.1 cm³/mol. The van der Waals surface area contributed by atoms with Gasteiger partial charge in [-0.1, -0.05) is 18.6 Å². The normalized spacial score (nSPS) is 19.0. The Labute approximate surface area is 122 Å². The molecule has 112 valence electrons. The van der Waals surface area contributed by atoms with Gasteiger partial charge in [0.05, 0.1) is 12.7 Å². The van der Waals surface area contributed by atoms with Crippen molar-refractivity contribution in [3.63, 3.8) is 0 Å². The molecular formula is C17H27NO2. The van der Waals surface area contributed by atoms with Crippen molar-refractivity contribution in [3.05, 3.63) is 29.3 Å². The Kier molecular flexibility index (Phi) is 5.44. The summed E-state index contributed by atoms with van der Waals surface area (Å²) in [6.45, 7) is 9.85. The van der Waals surface area contributed by atoms with Gasteiger partial charge in [0.1, 0.15) is 5.75 Å². The summed E-state index contributed by atoms with van der Waals surface area (Å²) < 4.78 is 5.64. The van der Waals surface area contributed by atoms with Crippen molar-refractivity contribution in [1.82, 2.24) is 4.90 Å². The van der Waals surface area contributed by atoms with Gasteiger partial charge in [0, 0.05) is 12.1 Å². The second kappa shape index (κ2) is 7.09. The molecule has 0 amide bonds. The van der Waals surface area contributed by atoms with Crippen molar-refractivity contribution in [2.24, 2.45) is 5.92 Å². The van der Waals surface area contributed by atoms with Gasteiger partial charge in [-0.25, -0.2) is 0 Å². The van der Waals surface area contributed by atoms with E-state index in [1.54, 1.807) is 0 Å². The molecule has 1 aliphatic heterocycles. The highest BCUT2D eigenvalue weighted by Gasteiger charge is 2.21. The summed E-state index contributed by atoms with van der Waals surface area (Å²) in [6.07, 6.45) is 2.00. The second-order valence-corrected chi connectivity index (χ2v) is 5.97. The second-order valence-electron chi connectivity index (χ2n) is 5.97. The summed E-state index contributed by atoms with van der Waals surface area (Å²) >= 11 is 0. The van der Waals surface area contributed by atoms with Gasteiger partial charge >= 0.3 is 0 Å². The fourth-order valence-electron chi connectivity index (χ4n) is 2.80. The molecule has 2 rings (SSSR count). The number of benzene rings is 1. The molecule has 1 aromatic carbocycles. The first-order valence-corrected chi connectivity index (χ1v) is 7.74. The number of aliphatic hydroxyl groups is 1. The van der Waals surface area contributed by atoms with Gasteiger partial charge in [-0.15, -0.1) is 0 Å². The van der Waals surface area contributed by atoms with Gasteiger partial charge in [-0.3, -0.25) is 0 Å². The maximum atomic E-state index is 10.5. The number of β-amino-alcohol motifs (C(OH)–C–C–N with tert-alkyl or cyclic N) is 1. The Morgan fingerprint density at radius 1 is 1.35 bits per heavy atom. The van der Waals surface area contributed by atoms with E-state index in [1.165, 1.54) is 12.8 Å². The molecule has 1 fully saturated rings. The molecule has 0 bridgehead atoms. The van der Waals surface area contributed by atoms with Crippen molar-refractivity contribution in [3.8, 4) is 5.75 Å². The quantitative estimate of drug-likeness (QED) is 0.897. The summed E-state index contributed by atoms with van der Waals surface area (Å²) in [5.41, 5.74) is 2.08. The van der Waals surface area contributed by atoms with Crippen molar-refractivity contribution in [1.29, 1.82) is 0 Å². The molecule has 0 saturated carbocycles. The van der Waals surface area contributed by atoms with Gasteiger partial charge < -0.3 is 14.7 Å². The van der Waals surface area contributed by atoms with E-state index in [2.05, 4.69) is 18.7 Å². The van der Waals surface area contributed by atoms with Gasteiger partial charge in [0.2, 0.25) is 0 Å². The third-order valence-electron chi connectivity index (χ3n) is 4.13. The van der Waals surface area contributed by atoms with Crippen molar-refractivity contribution in [2.75, 3.05) is 26.2 Å². The fraction of sp³-hybridized carbons (Fsp3) is 0.647. The van der Waals surface area contributed by atoms with E-state index in [1.807, 2.05) is 25.1 Å². The van der Waals surface area contributed by atoms with Crippen LogP contribution < -0.4 is 4.74 Å². The first kappa shape index (κ1) is 15.3. The van der Waals surface area contributed by atoms with Crippen LogP contribution in [0, 0.1) is 12.8 Å². The number of rotatable bonds is 5. The highest BCUT2D eigenvalue weighted by Crippen LogP contribution is 2.28. The number of piperidine rings is 1. The molecule has 0 radical (unpaired) electrons. The van der Waals surface area contributed by atoms with Crippen LogP contribution in [0.15, 0.2) is 18.2 Å². The van der Waals surface area contributed by atoms with Gasteiger partial charge in [-0.05, 0) is 57.8 Å². The van der Waals surface area contributed by atoms with E-state index >= 15 is 0 Å². The Balaban J connectivity index is 2.04. The van der Waals surface area contributed by atoms with Crippen molar-refractivity contribution < 1.29 is 9.84 Å². The maximum absolute atomic E-state index is 10.5. The van der Waals surface area contributed by atoms with E-state index in [-0.39, 0.29) is 0 Å². The first-order valence-electron chi connectivity index (χ1n) is 7.74. The Bertz CT molecular complexity index is 425. The molecule has 1 heterocycles. The van der Waals surface area contributed by atoms with Crippen LogP contribution in [0.1, 0.15) is 43.9 Å². The minimum Gasteiger partial charge on any atom is -0.493 e. The van der Waals surface area contributed by atoms with Gasteiger partial charge in [0.25, 0.3) is 0 Å². The number of hydrogen-bond acceptors (Lipinski definition) is 3. The SMILES string of the molecule is CCOc1ccc(C)cc1C(O)CN1CCC(C)CC1. The molecule has 0 spiro atoms. The largest absolute Gasteiger partial charge is 0.493 e. The Morgan fingerprint density at radius 2 is 2.05 bits per heavy atom. The average Bonchev–Trinajstić information content (AvgIpc) is 2.43. The zero-order valence-electron chi connectivity index (χ0n) is 12.9. The smallest absolute Gasteiger partial charge is 0.125 e. The fourth-order valence-corrected chi connectivity index (χ4v) is 2.80. The lowest BCUT2D eigenvalue weighted by Gasteiger charge is -2.32. The monoisotopic (exact) mass is 277 g/mol. The van der Waals surface area contributed by atoms with Crippen LogP contribution in [0.5, 0.6) is 5.75 Å². The average molecular weight is 277 g/mol. The van der Waals surface area contributed by atoms with Gasteiger partial charge in [0.15, 0.2) is 0 Å². The number of hydrogen-bond donors (Lipinski definition) is 1. The van der Waals surface area contributed by atoms with Crippen LogP contribution in [-0.4, -0.2) is 36.2 Å². The molecule has 20 heavy (non-hydrogen) atoms.